The number of ether oxygens (including phenoxy) is 3. The van der Waals surface area contributed by atoms with Gasteiger partial charge in [0.1, 0.15) is 0 Å². The van der Waals surface area contributed by atoms with E-state index in [0.717, 1.165) is 6.08 Å². The maximum atomic E-state index is 11.1. The summed E-state index contributed by atoms with van der Waals surface area (Å²) in [6.45, 7) is 8.38. The van der Waals surface area contributed by atoms with Crippen LogP contribution >= 0.6 is 0 Å². The predicted molar refractivity (Wildman–Crippen MR) is 55.3 cm³/mol. The van der Waals surface area contributed by atoms with Crippen molar-refractivity contribution in [2.75, 3.05) is 0 Å². The highest BCUT2D eigenvalue weighted by molar-refractivity contribution is 5.82. The number of rotatable bonds is 3. The fourth-order valence-corrected chi connectivity index (χ4v) is 1.32. The van der Waals surface area contributed by atoms with Crippen molar-refractivity contribution in [3.63, 3.8) is 0 Å². The Bertz CT molecular complexity index is 365. The van der Waals surface area contributed by atoms with Crippen LogP contribution in [0.15, 0.2) is 24.2 Å². The second kappa shape index (κ2) is 4.38. The molecule has 0 radical (unpaired) electrons. The number of allylic oxidation sites excluding steroid dienone is 1. The first-order valence-electron chi connectivity index (χ1n) is 4.89. The lowest BCUT2D eigenvalue weighted by atomic mass is 10.1. The van der Waals surface area contributed by atoms with Gasteiger partial charge < -0.3 is 14.2 Å². The fourth-order valence-electron chi connectivity index (χ4n) is 1.32. The van der Waals surface area contributed by atoms with Crippen LogP contribution in [0.1, 0.15) is 27.2 Å². The zero-order valence-corrected chi connectivity index (χ0v) is 9.53. The number of hydrogen-bond donors (Lipinski definition) is 0. The van der Waals surface area contributed by atoms with Crippen LogP contribution in [-0.2, 0) is 19.0 Å². The van der Waals surface area contributed by atoms with Crippen molar-refractivity contribution in [1.29, 1.82) is 0 Å². The molecule has 0 aromatic heterocycles. The number of carbonyl (C=O) groups is 2. The Labute approximate surface area is 93.7 Å². The minimum atomic E-state index is -0.913. The van der Waals surface area contributed by atoms with Crippen molar-refractivity contribution >= 4 is 12.1 Å². The highest BCUT2D eigenvalue weighted by atomic mass is 16.8. The van der Waals surface area contributed by atoms with Gasteiger partial charge in [-0.15, -0.1) is 0 Å². The van der Waals surface area contributed by atoms with Gasteiger partial charge in [-0.25, -0.2) is 9.59 Å². The van der Waals surface area contributed by atoms with Gasteiger partial charge in [0.15, 0.2) is 17.1 Å². The number of carbonyl (C=O) groups excluding carboxylic acids is 2. The summed E-state index contributed by atoms with van der Waals surface area (Å²) in [5.41, 5.74) is -0.913. The molecule has 0 unspecified atom stereocenters. The molecule has 5 heteroatoms. The minimum absolute atomic E-state index is 0.232. The number of esters is 1. The van der Waals surface area contributed by atoms with E-state index in [-0.39, 0.29) is 11.5 Å². The summed E-state index contributed by atoms with van der Waals surface area (Å²) in [5.74, 6) is -0.0842. The van der Waals surface area contributed by atoms with Crippen LogP contribution in [0.2, 0.25) is 0 Å². The molecule has 1 heterocycles. The van der Waals surface area contributed by atoms with Crippen LogP contribution in [-0.4, -0.2) is 17.7 Å². The zero-order valence-electron chi connectivity index (χ0n) is 9.53. The quantitative estimate of drug-likeness (QED) is 0.419. The molecule has 1 aliphatic rings. The monoisotopic (exact) mass is 226 g/mol. The lowest BCUT2D eigenvalue weighted by Gasteiger charge is -2.16. The van der Waals surface area contributed by atoms with Crippen molar-refractivity contribution in [3.8, 4) is 0 Å². The Hall–Kier alpha value is -1.78. The summed E-state index contributed by atoms with van der Waals surface area (Å²) in [7, 11) is 0. The predicted octanol–water partition coefficient (Wildman–Crippen LogP) is 2.28. The molecule has 0 N–H and O–H groups in total. The van der Waals surface area contributed by atoms with E-state index in [1.165, 1.54) is 0 Å². The van der Waals surface area contributed by atoms with Crippen LogP contribution in [0, 0.1) is 0 Å². The van der Waals surface area contributed by atoms with Gasteiger partial charge in [-0.05, 0) is 13.8 Å². The maximum absolute atomic E-state index is 11.1. The molecule has 1 saturated heterocycles. The summed E-state index contributed by atoms with van der Waals surface area (Å²) < 4.78 is 14.8. The Morgan fingerprint density at radius 3 is 2.56 bits per heavy atom. The molecular formula is C11H14O5. The van der Waals surface area contributed by atoms with Gasteiger partial charge in [0.05, 0.1) is 0 Å². The summed E-state index contributed by atoms with van der Waals surface area (Å²) in [5, 5.41) is 0. The third-order valence-electron chi connectivity index (χ3n) is 2.04. The van der Waals surface area contributed by atoms with Crippen molar-refractivity contribution < 1.29 is 23.8 Å². The van der Waals surface area contributed by atoms with Crippen LogP contribution in [0.3, 0.4) is 0 Å². The number of cyclic esters (lactones) is 2. The van der Waals surface area contributed by atoms with E-state index in [2.05, 4.69) is 6.58 Å². The lowest BCUT2D eigenvalue weighted by Crippen LogP contribution is -2.22. The molecule has 0 saturated carbocycles. The van der Waals surface area contributed by atoms with E-state index < -0.39 is 17.7 Å². The van der Waals surface area contributed by atoms with Crippen molar-refractivity contribution in [3.05, 3.63) is 24.2 Å². The van der Waals surface area contributed by atoms with E-state index in [1.54, 1.807) is 20.8 Å². The van der Waals surface area contributed by atoms with Gasteiger partial charge in [0.25, 0.3) is 0 Å². The first-order chi connectivity index (χ1) is 7.40. The summed E-state index contributed by atoms with van der Waals surface area (Å²) in [6, 6.07) is 0. The van der Waals surface area contributed by atoms with Crippen LogP contribution in [0.4, 0.5) is 4.79 Å². The van der Waals surface area contributed by atoms with Crippen LogP contribution in [0.5, 0.6) is 0 Å². The molecule has 0 atom stereocenters. The molecule has 1 rings (SSSR count). The molecule has 0 aromatic rings. The third-order valence-corrected chi connectivity index (χ3v) is 2.04. The highest BCUT2D eigenvalue weighted by Crippen LogP contribution is 2.33. The average molecular weight is 226 g/mol. The summed E-state index contributed by atoms with van der Waals surface area (Å²) in [4.78, 5) is 22.1. The van der Waals surface area contributed by atoms with Crippen molar-refractivity contribution in [2.24, 2.45) is 0 Å². The summed E-state index contributed by atoms with van der Waals surface area (Å²) >= 11 is 0. The SMILES string of the molecule is C=CC(=O)O/C(CC)=C1\OC(=O)OC1(C)C. The molecule has 0 amide bonds. The standard InChI is InChI=1S/C11H14O5/c1-5-7(14-8(12)6-2)9-11(3,4)16-10(13)15-9/h6H,2,5H2,1,3-4H3/b9-7-. The molecule has 0 aliphatic carbocycles. The highest BCUT2D eigenvalue weighted by Gasteiger charge is 2.42. The first kappa shape index (κ1) is 12.3. The van der Waals surface area contributed by atoms with Crippen LogP contribution in [0.25, 0.3) is 0 Å². The van der Waals surface area contributed by atoms with Gasteiger partial charge >= 0.3 is 12.1 Å². The molecule has 1 fully saturated rings. The second-order valence-electron chi connectivity index (χ2n) is 3.70. The zero-order chi connectivity index (χ0) is 12.3. The maximum Gasteiger partial charge on any atom is 0.514 e. The van der Waals surface area contributed by atoms with Gasteiger partial charge in [0, 0.05) is 12.5 Å². The van der Waals surface area contributed by atoms with Crippen LogP contribution < -0.4 is 0 Å². The lowest BCUT2D eigenvalue weighted by molar-refractivity contribution is -0.134. The normalized spacial score (nSPS) is 20.8. The smallest absolute Gasteiger partial charge is 0.424 e. The Morgan fingerprint density at radius 1 is 1.56 bits per heavy atom. The molecule has 0 spiro atoms. The van der Waals surface area contributed by atoms with Gasteiger partial charge in [-0.1, -0.05) is 13.5 Å². The van der Waals surface area contributed by atoms with E-state index in [4.69, 9.17) is 14.2 Å². The largest absolute Gasteiger partial charge is 0.514 e. The Morgan fingerprint density at radius 2 is 2.19 bits per heavy atom. The average Bonchev–Trinajstić information content (AvgIpc) is 2.48. The van der Waals surface area contributed by atoms with E-state index in [1.807, 2.05) is 0 Å². The Balaban J connectivity index is 3.03. The second-order valence-corrected chi connectivity index (χ2v) is 3.70. The molecule has 88 valence electrons. The van der Waals surface area contributed by atoms with Gasteiger partial charge in [-0.2, -0.15) is 0 Å². The van der Waals surface area contributed by atoms with E-state index >= 15 is 0 Å². The number of hydrogen-bond acceptors (Lipinski definition) is 5. The molecule has 16 heavy (non-hydrogen) atoms. The first-order valence-corrected chi connectivity index (χ1v) is 4.89. The van der Waals surface area contributed by atoms with Gasteiger partial charge in [0.2, 0.25) is 0 Å². The minimum Gasteiger partial charge on any atom is -0.424 e. The molecule has 1 aliphatic heterocycles. The molecular weight excluding hydrogens is 212 g/mol. The van der Waals surface area contributed by atoms with Gasteiger partial charge in [-0.3, -0.25) is 0 Å². The molecule has 5 nitrogen and oxygen atoms in total. The topological polar surface area (TPSA) is 61.8 Å². The summed E-state index contributed by atoms with van der Waals surface area (Å²) in [6.07, 6.45) is 0.663. The van der Waals surface area contributed by atoms with E-state index in [0.29, 0.717) is 6.42 Å². The Kier molecular flexibility index (Phi) is 3.37. The van der Waals surface area contributed by atoms with Crippen molar-refractivity contribution in [1.82, 2.24) is 0 Å². The van der Waals surface area contributed by atoms with E-state index in [9.17, 15) is 9.59 Å². The third kappa shape index (κ3) is 2.42. The molecule has 0 aromatic carbocycles. The fraction of sp³-hybridized carbons (Fsp3) is 0.455. The van der Waals surface area contributed by atoms with Crippen molar-refractivity contribution in [2.45, 2.75) is 32.8 Å². The molecule has 0 bridgehead atoms.